The molecule has 0 radical (unpaired) electrons. The number of aliphatic carboxylic acids is 1. The van der Waals surface area contributed by atoms with Gasteiger partial charge < -0.3 is 41.0 Å². The van der Waals surface area contributed by atoms with Crippen molar-refractivity contribution in [3.05, 3.63) is 35.9 Å². The van der Waals surface area contributed by atoms with Crippen molar-refractivity contribution >= 4 is 41.7 Å². The van der Waals surface area contributed by atoms with Gasteiger partial charge in [0.15, 0.2) is 0 Å². The number of nitrogens with two attached hydrogens (primary N) is 1. The number of benzene rings is 1. The highest BCUT2D eigenvalue weighted by Crippen LogP contribution is 2.13. The minimum absolute atomic E-state index is 0.126. The highest BCUT2D eigenvalue weighted by atomic mass is 16.6. The highest BCUT2D eigenvalue weighted by molar-refractivity contribution is 5.95. The summed E-state index contributed by atoms with van der Waals surface area (Å²) in [5, 5.41) is 16.4. The van der Waals surface area contributed by atoms with E-state index in [4.69, 9.17) is 19.9 Å². The van der Waals surface area contributed by atoms with Gasteiger partial charge >= 0.3 is 24.0 Å². The van der Waals surface area contributed by atoms with Crippen LogP contribution in [0.2, 0.25) is 0 Å². The van der Waals surface area contributed by atoms with Gasteiger partial charge in [0.25, 0.3) is 0 Å². The number of nitrogens with one attached hydrogen (secondary N) is 3. The smallest absolute Gasteiger partial charge is 0.408 e. The number of carboxylic acid groups (broad SMARTS) is 1. The van der Waals surface area contributed by atoms with Crippen LogP contribution in [0.25, 0.3) is 0 Å². The summed E-state index contributed by atoms with van der Waals surface area (Å²) in [6, 6.07) is 4.01. The number of carboxylic acids is 1. The third kappa shape index (κ3) is 17.3. The van der Waals surface area contributed by atoms with E-state index in [-0.39, 0.29) is 32.3 Å². The average molecular weight is 637 g/mol. The Morgan fingerprint density at radius 3 is 1.78 bits per heavy atom. The fraction of sp³-hybridized carbons (Fsp3) is 0.567. The average Bonchev–Trinajstić information content (AvgIpc) is 2.89. The Kier molecular flexibility index (Phi) is 15.0. The van der Waals surface area contributed by atoms with Gasteiger partial charge in [-0.1, -0.05) is 30.3 Å². The molecule has 0 fully saturated rings. The quantitative estimate of drug-likeness (QED) is 0.129. The van der Waals surface area contributed by atoms with Crippen LogP contribution in [-0.2, 0) is 49.6 Å². The summed E-state index contributed by atoms with van der Waals surface area (Å²) in [7, 11) is 0. The molecule has 1 aromatic carbocycles. The van der Waals surface area contributed by atoms with E-state index in [1.807, 2.05) is 0 Å². The van der Waals surface area contributed by atoms with Crippen LogP contribution in [0.15, 0.2) is 30.3 Å². The molecule has 0 saturated carbocycles. The molecule has 0 heterocycles. The third-order valence-electron chi connectivity index (χ3n) is 5.60. The van der Waals surface area contributed by atoms with E-state index < -0.39 is 77.5 Å². The fourth-order valence-electron chi connectivity index (χ4n) is 3.68. The van der Waals surface area contributed by atoms with Gasteiger partial charge in [0.05, 0.1) is 6.42 Å². The lowest BCUT2D eigenvalue weighted by atomic mass is 10.1. The zero-order chi connectivity index (χ0) is 34.4. The number of primary amides is 1. The number of ether oxygens (including phenoxy) is 3. The number of rotatable bonds is 16. The molecule has 0 aromatic heterocycles. The van der Waals surface area contributed by atoms with Crippen molar-refractivity contribution in [2.45, 2.75) is 110 Å². The fourth-order valence-corrected chi connectivity index (χ4v) is 3.68. The standard InChI is InChI=1S/C30H44N4O11/c1-29(2,3)44-23(36)15-13-19(34-28(42)43-17-18-10-8-7-9-11-18)25(38)33-21(16-24(37)45-30(4,5)6)26(39)32-20(27(40)41)12-14-22(31)35/h7-11,19-21H,12-17H2,1-6H3,(H2,31,35)(H,32,39)(H,33,38)(H,34,42)(H,40,41)/t19-,20+,21-/m0/s1. The topological polar surface area (TPSA) is 230 Å². The zero-order valence-corrected chi connectivity index (χ0v) is 26.5. The summed E-state index contributed by atoms with van der Waals surface area (Å²) in [6.07, 6.45) is -3.02. The Balaban J connectivity index is 3.20. The van der Waals surface area contributed by atoms with Gasteiger partial charge in [-0.2, -0.15) is 0 Å². The summed E-state index contributed by atoms with van der Waals surface area (Å²) in [6.45, 7) is 9.59. The van der Waals surface area contributed by atoms with E-state index >= 15 is 0 Å². The van der Waals surface area contributed by atoms with Gasteiger partial charge in [-0.05, 0) is 59.9 Å². The molecule has 4 amide bonds. The van der Waals surface area contributed by atoms with Crippen LogP contribution in [0.5, 0.6) is 0 Å². The van der Waals surface area contributed by atoms with Crippen LogP contribution in [0, 0.1) is 0 Å². The second-order valence-corrected chi connectivity index (χ2v) is 12.1. The zero-order valence-electron chi connectivity index (χ0n) is 26.5. The first-order valence-corrected chi connectivity index (χ1v) is 14.3. The van der Waals surface area contributed by atoms with Gasteiger partial charge in [-0.25, -0.2) is 9.59 Å². The van der Waals surface area contributed by atoms with Crippen LogP contribution < -0.4 is 21.7 Å². The van der Waals surface area contributed by atoms with Gasteiger partial charge in [0.1, 0.15) is 35.9 Å². The Labute approximate surface area is 261 Å². The summed E-state index contributed by atoms with van der Waals surface area (Å²) in [5.41, 5.74) is 3.99. The van der Waals surface area contributed by atoms with E-state index in [2.05, 4.69) is 16.0 Å². The number of carbonyl (C=O) groups excluding carboxylic acids is 6. The summed E-state index contributed by atoms with van der Waals surface area (Å²) in [4.78, 5) is 87.1. The Bertz CT molecular complexity index is 1210. The first-order valence-electron chi connectivity index (χ1n) is 14.3. The van der Waals surface area contributed by atoms with E-state index in [0.29, 0.717) is 5.56 Å². The molecule has 6 N–H and O–H groups in total. The lowest BCUT2D eigenvalue weighted by Crippen LogP contribution is -2.56. The van der Waals surface area contributed by atoms with E-state index in [1.54, 1.807) is 71.9 Å². The first-order chi connectivity index (χ1) is 20.8. The van der Waals surface area contributed by atoms with Gasteiger partial charge in [-0.15, -0.1) is 0 Å². The monoisotopic (exact) mass is 636 g/mol. The minimum atomic E-state index is -1.67. The summed E-state index contributed by atoms with van der Waals surface area (Å²) in [5.74, 6) is -5.90. The van der Waals surface area contributed by atoms with Crippen LogP contribution >= 0.6 is 0 Å². The first kappa shape index (κ1) is 38.3. The molecule has 0 saturated heterocycles. The molecule has 45 heavy (non-hydrogen) atoms. The predicted octanol–water partition coefficient (Wildman–Crippen LogP) is 1.45. The summed E-state index contributed by atoms with van der Waals surface area (Å²) >= 11 is 0. The molecule has 0 unspecified atom stereocenters. The second kappa shape index (κ2) is 17.6. The molecule has 0 aliphatic carbocycles. The lowest BCUT2D eigenvalue weighted by molar-refractivity contribution is -0.157. The second-order valence-electron chi connectivity index (χ2n) is 12.1. The number of alkyl carbamates (subject to hydrolysis) is 1. The minimum Gasteiger partial charge on any atom is -0.480 e. The van der Waals surface area contributed by atoms with Crippen molar-refractivity contribution in [3.63, 3.8) is 0 Å². The molecule has 3 atom stereocenters. The van der Waals surface area contributed by atoms with E-state index in [9.17, 15) is 38.7 Å². The SMILES string of the molecule is CC(C)(C)OC(=O)CC[C@H](NC(=O)OCc1ccccc1)C(=O)N[C@@H](CC(=O)OC(C)(C)C)C(=O)N[C@H](CCC(N)=O)C(=O)O. The maximum Gasteiger partial charge on any atom is 0.408 e. The van der Waals surface area contributed by atoms with E-state index in [0.717, 1.165) is 0 Å². The van der Waals surface area contributed by atoms with Crippen molar-refractivity contribution in [1.29, 1.82) is 0 Å². The van der Waals surface area contributed by atoms with Crippen molar-refractivity contribution in [3.8, 4) is 0 Å². The number of amides is 4. The van der Waals surface area contributed by atoms with Crippen LogP contribution in [-0.4, -0.2) is 76.2 Å². The molecule has 15 heteroatoms. The Morgan fingerprint density at radius 2 is 1.24 bits per heavy atom. The molecular weight excluding hydrogens is 592 g/mol. The Morgan fingerprint density at radius 1 is 0.733 bits per heavy atom. The molecule has 15 nitrogen and oxygen atoms in total. The highest BCUT2D eigenvalue weighted by Gasteiger charge is 2.33. The predicted molar refractivity (Wildman–Crippen MR) is 159 cm³/mol. The molecule has 0 spiro atoms. The van der Waals surface area contributed by atoms with Gasteiger partial charge in [0.2, 0.25) is 17.7 Å². The maximum absolute atomic E-state index is 13.4. The van der Waals surface area contributed by atoms with Crippen LogP contribution in [0.1, 0.15) is 79.2 Å². The maximum atomic E-state index is 13.4. The van der Waals surface area contributed by atoms with Crippen LogP contribution in [0.3, 0.4) is 0 Å². The molecule has 0 aliphatic rings. The van der Waals surface area contributed by atoms with Crippen molar-refractivity contribution in [2.75, 3.05) is 0 Å². The molecule has 250 valence electrons. The third-order valence-corrected chi connectivity index (χ3v) is 5.60. The molecular formula is C30H44N4O11. The molecule has 0 aliphatic heterocycles. The van der Waals surface area contributed by atoms with Crippen molar-refractivity contribution in [1.82, 2.24) is 16.0 Å². The number of hydrogen-bond acceptors (Lipinski definition) is 10. The van der Waals surface area contributed by atoms with Crippen molar-refractivity contribution in [2.24, 2.45) is 5.73 Å². The van der Waals surface area contributed by atoms with Gasteiger partial charge in [-0.3, -0.25) is 24.0 Å². The molecule has 0 bridgehead atoms. The van der Waals surface area contributed by atoms with E-state index in [1.165, 1.54) is 0 Å². The number of hydrogen-bond donors (Lipinski definition) is 5. The summed E-state index contributed by atoms with van der Waals surface area (Å²) < 4.78 is 15.7. The van der Waals surface area contributed by atoms with Crippen LogP contribution in [0.4, 0.5) is 4.79 Å². The van der Waals surface area contributed by atoms with Gasteiger partial charge in [0, 0.05) is 12.8 Å². The largest absolute Gasteiger partial charge is 0.480 e. The molecule has 1 aromatic rings. The Hall–Kier alpha value is -4.69. The normalized spacial score (nSPS) is 13.3. The number of carbonyl (C=O) groups is 7. The van der Waals surface area contributed by atoms with Crippen molar-refractivity contribution < 1.29 is 52.9 Å². The molecule has 1 rings (SSSR count). The lowest BCUT2D eigenvalue weighted by Gasteiger charge is -2.26. The number of esters is 2.